The Morgan fingerprint density at radius 3 is 2.30 bits per heavy atom. The second-order valence-corrected chi connectivity index (χ2v) is 5.29. The Kier molecular flexibility index (Phi) is 6.59. The van der Waals surface area contributed by atoms with E-state index in [1.165, 1.54) is 5.56 Å². The smallest absolute Gasteiger partial charge is 0.343 e. The molecule has 0 spiro atoms. The summed E-state index contributed by atoms with van der Waals surface area (Å²) in [5.74, 6) is 0.231. The summed E-state index contributed by atoms with van der Waals surface area (Å²) in [6.07, 6.45) is 0. The van der Waals surface area contributed by atoms with Gasteiger partial charge in [-0.3, -0.25) is 4.90 Å². The predicted octanol–water partition coefficient (Wildman–Crippen LogP) is 3.16. The van der Waals surface area contributed by atoms with E-state index in [4.69, 9.17) is 9.47 Å². The van der Waals surface area contributed by atoms with E-state index >= 15 is 0 Å². The maximum Gasteiger partial charge on any atom is 0.343 e. The quantitative estimate of drug-likeness (QED) is 0.636. The van der Waals surface area contributed by atoms with Gasteiger partial charge < -0.3 is 9.47 Å². The van der Waals surface area contributed by atoms with Crippen LogP contribution in [0.15, 0.2) is 54.6 Å². The van der Waals surface area contributed by atoms with Crippen LogP contribution in [0.3, 0.4) is 0 Å². The van der Waals surface area contributed by atoms with Crippen molar-refractivity contribution in [2.24, 2.45) is 0 Å². The minimum absolute atomic E-state index is 0. The number of para-hydroxylation sites is 1. The second-order valence-electron chi connectivity index (χ2n) is 5.29. The zero-order valence-electron chi connectivity index (χ0n) is 12.8. The molecule has 0 aromatic heterocycles. The lowest BCUT2D eigenvalue weighted by Crippen LogP contribution is -2.35. The van der Waals surface area contributed by atoms with Crippen molar-refractivity contribution in [3.63, 3.8) is 0 Å². The van der Waals surface area contributed by atoms with Gasteiger partial charge in [-0.2, -0.15) is 0 Å². The van der Waals surface area contributed by atoms with Crippen molar-refractivity contribution in [1.29, 1.82) is 0 Å². The standard InChI is InChI=1S/C18H19NO3.ClH/c20-18(22-17-4-2-1-3-5-17)16-8-6-15(7-9-16)14-19-10-12-21-13-11-19;/h1-9H,10-14H2;1H. The fourth-order valence-corrected chi connectivity index (χ4v) is 2.42. The van der Waals surface area contributed by atoms with Gasteiger partial charge in [0.2, 0.25) is 0 Å². The van der Waals surface area contributed by atoms with Crippen LogP contribution in [-0.2, 0) is 11.3 Å². The average Bonchev–Trinajstić information content (AvgIpc) is 2.57. The van der Waals surface area contributed by atoms with Crippen LogP contribution in [0.25, 0.3) is 0 Å². The van der Waals surface area contributed by atoms with Crippen molar-refractivity contribution in [1.82, 2.24) is 4.90 Å². The molecule has 1 aliphatic heterocycles. The Morgan fingerprint density at radius 1 is 1.00 bits per heavy atom. The van der Waals surface area contributed by atoms with E-state index in [0.717, 1.165) is 32.8 Å². The number of halogens is 1. The summed E-state index contributed by atoms with van der Waals surface area (Å²) >= 11 is 0. The molecular formula is C18H20ClNO3. The van der Waals surface area contributed by atoms with Crippen molar-refractivity contribution < 1.29 is 14.3 Å². The number of hydrogen-bond donors (Lipinski definition) is 0. The lowest BCUT2D eigenvalue weighted by atomic mass is 10.1. The van der Waals surface area contributed by atoms with Crippen LogP contribution < -0.4 is 4.74 Å². The molecule has 0 aliphatic carbocycles. The molecule has 0 saturated carbocycles. The molecule has 122 valence electrons. The molecule has 23 heavy (non-hydrogen) atoms. The van der Waals surface area contributed by atoms with Gasteiger partial charge >= 0.3 is 5.97 Å². The van der Waals surface area contributed by atoms with Gasteiger partial charge in [-0.15, -0.1) is 12.4 Å². The number of morpholine rings is 1. The largest absolute Gasteiger partial charge is 0.423 e. The fraction of sp³-hybridized carbons (Fsp3) is 0.278. The number of ether oxygens (including phenoxy) is 2. The van der Waals surface area contributed by atoms with E-state index < -0.39 is 0 Å². The van der Waals surface area contributed by atoms with E-state index in [1.807, 2.05) is 42.5 Å². The number of esters is 1. The molecule has 2 aromatic carbocycles. The Labute approximate surface area is 142 Å². The number of rotatable bonds is 4. The van der Waals surface area contributed by atoms with Crippen molar-refractivity contribution >= 4 is 18.4 Å². The van der Waals surface area contributed by atoms with Crippen LogP contribution in [0.1, 0.15) is 15.9 Å². The van der Waals surface area contributed by atoms with Crippen molar-refractivity contribution in [2.45, 2.75) is 6.54 Å². The second kappa shape index (κ2) is 8.67. The molecular weight excluding hydrogens is 314 g/mol. The maximum atomic E-state index is 12.1. The van der Waals surface area contributed by atoms with Crippen LogP contribution >= 0.6 is 12.4 Å². The van der Waals surface area contributed by atoms with E-state index in [1.54, 1.807) is 12.1 Å². The monoisotopic (exact) mass is 333 g/mol. The van der Waals surface area contributed by atoms with E-state index in [-0.39, 0.29) is 18.4 Å². The Morgan fingerprint density at radius 2 is 1.65 bits per heavy atom. The van der Waals surface area contributed by atoms with Crippen molar-refractivity contribution in [3.8, 4) is 5.75 Å². The van der Waals surface area contributed by atoms with Gasteiger partial charge in [0.05, 0.1) is 18.8 Å². The van der Waals surface area contributed by atoms with Gasteiger partial charge in [-0.25, -0.2) is 4.79 Å². The van der Waals surface area contributed by atoms with Gasteiger partial charge in [0.15, 0.2) is 0 Å². The number of benzene rings is 2. The van der Waals surface area contributed by atoms with Crippen LogP contribution in [0, 0.1) is 0 Å². The molecule has 1 fully saturated rings. The minimum atomic E-state index is -0.330. The normalized spacial score (nSPS) is 14.8. The summed E-state index contributed by atoms with van der Waals surface area (Å²) in [4.78, 5) is 14.4. The summed E-state index contributed by atoms with van der Waals surface area (Å²) in [6.45, 7) is 4.38. The third-order valence-electron chi connectivity index (χ3n) is 3.65. The van der Waals surface area contributed by atoms with Crippen LogP contribution in [0.5, 0.6) is 5.75 Å². The zero-order valence-corrected chi connectivity index (χ0v) is 13.6. The van der Waals surface area contributed by atoms with Gasteiger partial charge in [-0.1, -0.05) is 30.3 Å². The molecule has 1 aliphatic rings. The van der Waals surface area contributed by atoms with Gasteiger partial charge in [0.25, 0.3) is 0 Å². The highest BCUT2D eigenvalue weighted by atomic mass is 35.5. The molecule has 0 amide bonds. The lowest BCUT2D eigenvalue weighted by Gasteiger charge is -2.26. The molecule has 1 heterocycles. The van der Waals surface area contributed by atoms with Crippen LogP contribution in [0.2, 0.25) is 0 Å². The van der Waals surface area contributed by atoms with Crippen molar-refractivity contribution in [2.75, 3.05) is 26.3 Å². The first-order chi connectivity index (χ1) is 10.8. The molecule has 3 rings (SSSR count). The molecule has 1 saturated heterocycles. The average molecular weight is 334 g/mol. The molecule has 2 aromatic rings. The first kappa shape index (κ1) is 17.5. The topological polar surface area (TPSA) is 38.8 Å². The van der Waals surface area contributed by atoms with Gasteiger partial charge in [0.1, 0.15) is 5.75 Å². The summed E-state index contributed by atoms with van der Waals surface area (Å²) in [6, 6.07) is 16.7. The summed E-state index contributed by atoms with van der Waals surface area (Å²) in [5, 5.41) is 0. The molecule has 0 bridgehead atoms. The van der Waals surface area contributed by atoms with Crippen LogP contribution in [-0.4, -0.2) is 37.2 Å². The van der Waals surface area contributed by atoms with E-state index in [9.17, 15) is 4.79 Å². The van der Waals surface area contributed by atoms with Crippen molar-refractivity contribution in [3.05, 3.63) is 65.7 Å². The number of carbonyl (C=O) groups is 1. The minimum Gasteiger partial charge on any atom is -0.423 e. The highest BCUT2D eigenvalue weighted by Gasteiger charge is 2.12. The van der Waals surface area contributed by atoms with Crippen LogP contribution in [0.4, 0.5) is 0 Å². The third-order valence-corrected chi connectivity index (χ3v) is 3.65. The van der Waals surface area contributed by atoms with Gasteiger partial charge in [0, 0.05) is 19.6 Å². The van der Waals surface area contributed by atoms with E-state index in [0.29, 0.717) is 11.3 Å². The SMILES string of the molecule is Cl.O=C(Oc1ccccc1)c1ccc(CN2CCOCC2)cc1. The molecule has 4 nitrogen and oxygen atoms in total. The predicted molar refractivity (Wildman–Crippen MR) is 91.2 cm³/mol. The Balaban J connectivity index is 0.00000192. The maximum absolute atomic E-state index is 12.1. The Bertz CT molecular complexity index is 610. The number of nitrogens with zero attached hydrogens (tertiary/aromatic N) is 1. The first-order valence-corrected chi connectivity index (χ1v) is 7.47. The lowest BCUT2D eigenvalue weighted by molar-refractivity contribution is 0.0342. The zero-order chi connectivity index (χ0) is 15.2. The third kappa shape index (κ3) is 5.06. The first-order valence-electron chi connectivity index (χ1n) is 7.47. The number of hydrogen-bond acceptors (Lipinski definition) is 4. The highest BCUT2D eigenvalue weighted by Crippen LogP contribution is 2.13. The summed E-state index contributed by atoms with van der Waals surface area (Å²) in [7, 11) is 0. The highest BCUT2D eigenvalue weighted by molar-refractivity contribution is 5.91. The Hall–Kier alpha value is -1.88. The molecule has 0 radical (unpaired) electrons. The molecule has 5 heteroatoms. The molecule has 0 N–H and O–H groups in total. The fourth-order valence-electron chi connectivity index (χ4n) is 2.42. The number of carbonyl (C=O) groups excluding carboxylic acids is 1. The van der Waals surface area contributed by atoms with E-state index in [2.05, 4.69) is 4.90 Å². The summed E-state index contributed by atoms with van der Waals surface area (Å²) < 4.78 is 10.7. The summed E-state index contributed by atoms with van der Waals surface area (Å²) in [5.41, 5.74) is 1.76. The molecule has 0 atom stereocenters. The molecule has 0 unspecified atom stereocenters. The van der Waals surface area contributed by atoms with Gasteiger partial charge in [-0.05, 0) is 29.8 Å².